The van der Waals surface area contributed by atoms with Gasteiger partial charge in [0.05, 0.1) is 10.6 Å². The van der Waals surface area contributed by atoms with Gasteiger partial charge < -0.3 is 4.90 Å². The summed E-state index contributed by atoms with van der Waals surface area (Å²) in [5.41, 5.74) is 4.60. The fourth-order valence-electron chi connectivity index (χ4n) is 3.56. The van der Waals surface area contributed by atoms with Crippen LogP contribution in [-0.2, 0) is 9.84 Å². The molecule has 0 atom stereocenters. The van der Waals surface area contributed by atoms with E-state index < -0.39 is 15.6 Å². The second-order valence-electron chi connectivity index (χ2n) is 7.32. The number of allylic oxidation sites excluding steroid dienone is 1. The number of nitrogens with zero attached hydrogens (tertiary/aromatic N) is 1. The summed E-state index contributed by atoms with van der Waals surface area (Å²) in [7, 11) is -3.94. The maximum atomic E-state index is 13.3. The first-order valence-corrected chi connectivity index (χ1v) is 10.8. The van der Waals surface area contributed by atoms with Crippen LogP contribution in [0.2, 0.25) is 0 Å². The molecule has 1 heterocycles. The topological polar surface area (TPSA) is 54.5 Å². The molecule has 0 N–H and O–H groups in total. The molecular formula is C24H21NO3S. The Balaban J connectivity index is 1.92. The molecule has 0 fully saturated rings. The normalized spacial score (nSPS) is 14.9. The highest BCUT2D eigenvalue weighted by molar-refractivity contribution is 7.96. The number of carbonyl (C=O) groups is 1. The van der Waals surface area contributed by atoms with E-state index in [1.165, 1.54) is 6.20 Å². The number of hydrogen-bond acceptors (Lipinski definition) is 4. The molecule has 0 saturated carbocycles. The van der Waals surface area contributed by atoms with Gasteiger partial charge in [-0.05, 0) is 50.6 Å². The highest BCUT2D eigenvalue weighted by Gasteiger charge is 2.36. The van der Waals surface area contributed by atoms with Crippen molar-refractivity contribution in [2.75, 3.05) is 4.90 Å². The molecule has 0 bridgehead atoms. The molecule has 0 radical (unpaired) electrons. The van der Waals surface area contributed by atoms with Crippen LogP contribution in [0.25, 0.3) is 0 Å². The molecule has 1 aliphatic heterocycles. The maximum Gasteiger partial charge on any atom is 0.214 e. The van der Waals surface area contributed by atoms with Crippen molar-refractivity contribution in [3.05, 3.63) is 100 Å². The van der Waals surface area contributed by atoms with Crippen LogP contribution in [0.5, 0.6) is 0 Å². The lowest BCUT2D eigenvalue weighted by Gasteiger charge is -2.29. The highest BCUT2D eigenvalue weighted by Crippen LogP contribution is 2.40. The Morgan fingerprint density at radius 1 is 0.828 bits per heavy atom. The Kier molecular flexibility index (Phi) is 4.63. The molecule has 0 saturated heterocycles. The molecular weight excluding hydrogens is 382 g/mol. The number of benzene rings is 3. The number of hydrogen-bond donors (Lipinski definition) is 0. The molecule has 0 unspecified atom stereocenters. The van der Waals surface area contributed by atoms with E-state index in [-0.39, 0.29) is 9.80 Å². The third kappa shape index (κ3) is 3.28. The van der Waals surface area contributed by atoms with Gasteiger partial charge >= 0.3 is 0 Å². The Bertz CT molecular complexity index is 1260. The number of sulfone groups is 1. The second-order valence-corrected chi connectivity index (χ2v) is 9.20. The number of para-hydroxylation sites is 1. The van der Waals surface area contributed by atoms with Gasteiger partial charge in [-0.25, -0.2) is 8.42 Å². The Morgan fingerprint density at radius 2 is 1.48 bits per heavy atom. The van der Waals surface area contributed by atoms with E-state index in [2.05, 4.69) is 0 Å². The van der Waals surface area contributed by atoms with Crippen molar-refractivity contribution in [1.29, 1.82) is 0 Å². The van der Waals surface area contributed by atoms with Crippen molar-refractivity contribution in [2.45, 2.75) is 25.7 Å². The van der Waals surface area contributed by atoms with Gasteiger partial charge in [-0.1, -0.05) is 53.6 Å². The first-order chi connectivity index (χ1) is 13.8. The van der Waals surface area contributed by atoms with E-state index in [0.717, 1.165) is 22.4 Å². The number of Topliss-reactive ketones (excluding diaryl/α,β-unsaturated/α-hetero) is 1. The smallest absolute Gasteiger partial charge is 0.214 e. The van der Waals surface area contributed by atoms with E-state index in [1.807, 2.05) is 57.2 Å². The van der Waals surface area contributed by atoms with Crippen molar-refractivity contribution >= 4 is 27.0 Å². The molecule has 4 nitrogen and oxygen atoms in total. The third-order valence-corrected chi connectivity index (χ3v) is 6.91. The Labute approximate surface area is 171 Å². The summed E-state index contributed by atoms with van der Waals surface area (Å²) in [6.07, 6.45) is 1.45. The maximum absolute atomic E-state index is 13.3. The standard InChI is InChI=1S/C24H21NO3S/c1-16-8-11-19(12-9-16)25-15-23(24(26)20-13-10-17(2)14-18(20)3)29(27,28)22-7-5-4-6-21(22)25/h4-15H,1-3H3. The van der Waals surface area contributed by atoms with Crippen LogP contribution in [0.1, 0.15) is 27.0 Å². The largest absolute Gasteiger partial charge is 0.314 e. The summed E-state index contributed by atoms with van der Waals surface area (Å²) in [6, 6.07) is 19.9. The van der Waals surface area contributed by atoms with Crippen molar-refractivity contribution in [3.63, 3.8) is 0 Å². The number of carbonyl (C=O) groups excluding carboxylic acids is 1. The van der Waals surface area contributed by atoms with Gasteiger partial charge in [0.2, 0.25) is 15.6 Å². The van der Waals surface area contributed by atoms with Gasteiger partial charge in [-0.15, -0.1) is 0 Å². The van der Waals surface area contributed by atoms with E-state index in [1.54, 1.807) is 35.2 Å². The van der Waals surface area contributed by atoms with Crippen molar-refractivity contribution in [1.82, 2.24) is 0 Å². The van der Waals surface area contributed by atoms with E-state index >= 15 is 0 Å². The van der Waals surface area contributed by atoms with Gasteiger partial charge in [0.1, 0.15) is 4.91 Å². The predicted octanol–water partition coefficient (Wildman–Crippen LogP) is 5.26. The fraction of sp³-hybridized carbons (Fsp3) is 0.125. The number of fused-ring (bicyclic) bond motifs is 1. The molecule has 3 aromatic rings. The molecule has 1 aliphatic rings. The zero-order valence-electron chi connectivity index (χ0n) is 16.5. The van der Waals surface area contributed by atoms with Gasteiger partial charge in [0, 0.05) is 17.5 Å². The molecule has 4 rings (SSSR count). The summed E-state index contributed by atoms with van der Waals surface area (Å²) in [5.74, 6) is -0.492. The third-order valence-electron chi connectivity index (χ3n) is 5.11. The first kappa shape index (κ1) is 19.2. The predicted molar refractivity (Wildman–Crippen MR) is 115 cm³/mol. The zero-order chi connectivity index (χ0) is 20.8. The van der Waals surface area contributed by atoms with Crippen molar-refractivity contribution in [2.24, 2.45) is 0 Å². The minimum atomic E-state index is -3.94. The van der Waals surface area contributed by atoms with Gasteiger partial charge in [-0.2, -0.15) is 0 Å². The van der Waals surface area contributed by atoms with Crippen LogP contribution >= 0.6 is 0 Å². The Hall–Kier alpha value is -3.18. The summed E-state index contributed by atoms with van der Waals surface area (Å²) in [5, 5.41) is 0. The molecule has 0 spiro atoms. The lowest BCUT2D eigenvalue weighted by atomic mass is 10.0. The summed E-state index contributed by atoms with van der Waals surface area (Å²) in [6.45, 7) is 5.75. The summed E-state index contributed by atoms with van der Waals surface area (Å²) < 4.78 is 26.6. The zero-order valence-corrected chi connectivity index (χ0v) is 17.3. The van der Waals surface area contributed by atoms with Gasteiger partial charge in [-0.3, -0.25) is 4.79 Å². The summed E-state index contributed by atoms with van der Waals surface area (Å²) in [4.78, 5) is 15.0. The van der Waals surface area contributed by atoms with Crippen LogP contribution in [-0.4, -0.2) is 14.2 Å². The molecule has 0 aliphatic carbocycles. The lowest BCUT2D eigenvalue weighted by molar-refractivity contribution is 0.104. The monoisotopic (exact) mass is 403 g/mol. The second kappa shape index (κ2) is 7.01. The number of rotatable bonds is 3. The quantitative estimate of drug-likeness (QED) is 0.560. The SMILES string of the molecule is Cc1ccc(N2C=C(C(=O)c3ccc(C)cc3C)S(=O)(=O)c3ccccc32)cc1. The van der Waals surface area contributed by atoms with E-state index in [9.17, 15) is 13.2 Å². The van der Waals surface area contributed by atoms with E-state index in [0.29, 0.717) is 11.3 Å². The molecule has 0 aromatic heterocycles. The van der Waals surface area contributed by atoms with Gasteiger partial charge in [0.15, 0.2) is 0 Å². The molecule has 146 valence electrons. The Morgan fingerprint density at radius 3 is 2.17 bits per heavy atom. The number of ketones is 1. The van der Waals surface area contributed by atoms with E-state index in [4.69, 9.17) is 0 Å². The summed E-state index contributed by atoms with van der Waals surface area (Å²) >= 11 is 0. The molecule has 5 heteroatoms. The first-order valence-electron chi connectivity index (χ1n) is 9.33. The number of anilines is 2. The van der Waals surface area contributed by atoms with Gasteiger partial charge in [0.25, 0.3) is 0 Å². The van der Waals surface area contributed by atoms with Crippen molar-refractivity contribution in [3.8, 4) is 0 Å². The van der Waals surface area contributed by atoms with Crippen LogP contribution < -0.4 is 4.90 Å². The van der Waals surface area contributed by atoms with Crippen LogP contribution in [0.4, 0.5) is 11.4 Å². The van der Waals surface area contributed by atoms with Crippen LogP contribution in [0, 0.1) is 20.8 Å². The van der Waals surface area contributed by atoms with Crippen molar-refractivity contribution < 1.29 is 13.2 Å². The minimum Gasteiger partial charge on any atom is -0.314 e. The highest BCUT2D eigenvalue weighted by atomic mass is 32.2. The lowest BCUT2D eigenvalue weighted by Crippen LogP contribution is -2.26. The average Bonchev–Trinajstić information content (AvgIpc) is 2.69. The van der Waals surface area contributed by atoms with Crippen LogP contribution in [0.3, 0.4) is 0 Å². The molecule has 3 aromatic carbocycles. The van der Waals surface area contributed by atoms with Crippen LogP contribution in [0.15, 0.2) is 82.7 Å². The molecule has 0 amide bonds. The fourth-order valence-corrected chi connectivity index (χ4v) is 5.09. The minimum absolute atomic E-state index is 0.135. The molecule has 29 heavy (non-hydrogen) atoms. The average molecular weight is 404 g/mol. The number of aryl methyl sites for hydroxylation is 3.